The van der Waals surface area contributed by atoms with E-state index in [1.54, 1.807) is 12.4 Å². The van der Waals surface area contributed by atoms with Crippen molar-refractivity contribution >= 4 is 11.8 Å². The highest BCUT2D eigenvalue weighted by molar-refractivity contribution is 5.81. The molecule has 0 fully saturated rings. The van der Waals surface area contributed by atoms with Crippen molar-refractivity contribution in [2.45, 2.75) is 142 Å². The summed E-state index contributed by atoms with van der Waals surface area (Å²) in [4.78, 5) is 15.6. The fourth-order valence-corrected chi connectivity index (χ4v) is 4.81. The molecule has 0 aromatic rings. The summed E-state index contributed by atoms with van der Waals surface area (Å²) in [5.41, 5.74) is 6.10. The number of carbonyl (C=O) groups is 1. The molecule has 2 atom stereocenters. The summed E-state index contributed by atoms with van der Waals surface area (Å²) in [5, 5.41) is 11.2. The van der Waals surface area contributed by atoms with E-state index in [0.29, 0.717) is 0 Å². The monoisotopic (exact) mass is 475 g/mol. The van der Waals surface area contributed by atoms with Crippen molar-refractivity contribution in [3.8, 4) is 0 Å². The van der Waals surface area contributed by atoms with Crippen molar-refractivity contribution in [1.29, 1.82) is 0 Å². The van der Waals surface area contributed by atoms with Crippen LogP contribution < -0.4 is 10.8 Å². The first-order chi connectivity index (χ1) is 16.5. The van der Waals surface area contributed by atoms with E-state index in [9.17, 15) is 9.90 Å². The molecule has 1 rings (SSSR count). The Kier molecular flexibility index (Phi) is 17.8. The summed E-state index contributed by atoms with van der Waals surface area (Å²) in [7, 11) is 0. The van der Waals surface area contributed by atoms with Crippen LogP contribution >= 0.6 is 0 Å². The zero-order valence-electron chi connectivity index (χ0n) is 22.3. The zero-order chi connectivity index (χ0) is 24.9. The molecule has 2 N–H and O–H groups in total. The van der Waals surface area contributed by atoms with Crippen molar-refractivity contribution < 1.29 is 14.4 Å². The first-order valence-corrected chi connectivity index (χ1v) is 14.3. The molecule has 0 spiro atoms. The van der Waals surface area contributed by atoms with Crippen LogP contribution in [0.3, 0.4) is 0 Å². The van der Waals surface area contributed by atoms with Crippen LogP contribution in [0.25, 0.3) is 0 Å². The third-order valence-electron chi connectivity index (χ3n) is 7.07. The third-order valence-corrected chi connectivity index (χ3v) is 7.07. The molecule has 0 bridgehead atoms. The number of quaternary nitrogens is 1. The zero-order valence-corrected chi connectivity index (χ0v) is 22.3. The van der Waals surface area contributed by atoms with Crippen LogP contribution in [-0.4, -0.2) is 29.0 Å². The van der Waals surface area contributed by atoms with Gasteiger partial charge in [0.1, 0.15) is 18.9 Å². The Bertz CT molecular complexity index is 612. The second kappa shape index (κ2) is 19.8. The van der Waals surface area contributed by atoms with Gasteiger partial charge in [-0.25, -0.2) is 9.48 Å². The Morgan fingerprint density at radius 1 is 0.882 bits per heavy atom. The molecular weight excluding hydrogens is 422 g/mol. The van der Waals surface area contributed by atoms with Crippen molar-refractivity contribution in [3.63, 3.8) is 0 Å². The normalized spacial score (nSPS) is 18.6. The Morgan fingerprint density at radius 3 is 1.82 bits per heavy atom. The van der Waals surface area contributed by atoms with Crippen molar-refractivity contribution in [1.82, 2.24) is 0 Å². The number of carboxylic acid groups (broad SMARTS) is 1. The number of hydrogen-bond donors (Lipinski definition) is 1. The van der Waals surface area contributed by atoms with E-state index in [2.05, 4.69) is 24.1 Å². The molecule has 1 aliphatic rings. The standard InChI is InChI=1S/C29H53N3O2/c1-3-4-5-6-7-8-9-10-11-12-13-14-15-16-17-18-19-20-21-22-23-28-31-24-25-32(28,27(2)30)26-29(33)34/h10-11,24-25,27H,3-9,12-23,26,30H2,1-2H3/b11-10+. The number of aliphatic carboxylic acids is 1. The van der Waals surface area contributed by atoms with Gasteiger partial charge in [0.2, 0.25) is 5.84 Å². The van der Waals surface area contributed by atoms with Crippen LogP contribution in [0.4, 0.5) is 0 Å². The van der Waals surface area contributed by atoms with Gasteiger partial charge in [0.05, 0.1) is 12.2 Å². The van der Waals surface area contributed by atoms with Gasteiger partial charge in [0.25, 0.3) is 0 Å². The summed E-state index contributed by atoms with van der Waals surface area (Å²) < 4.78 is 0.108. The molecule has 0 aromatic carbocycles. The van der Waals surface area contributed by atoms with E-state index in [1.807, 2.05) is 6.92 Å². The van der Waals surface area contributed by atoms with Gasteiger partial charge in [0, 0.05) is 13.3 Å². The molecule has 5 heteroatoms. The first-order valence-electron chi connectivity index (χ1n) is 14.3. The molecule has 0 saturated heterocycles. The van der Waals surface area contributed by atoms with Crippen LogP contribution in [0.15, 0.2) is 29.5 Å². The maximum Gasteiger partial charge on any atom is 0.209 e. The summed E-state index contributed by atoms with van der Waals surface area (Å²) in [5.74, 6) is -0.229. The molecule has 5 nitrogen and oxygen atoms in total. The summed E-state index contributed by atoms with van der Waals surface area (Å²) in [6.07, 6.45) is 32.4. The average molecular weight is 476 g/mol. The molecule has 196 valence electrons. The Balaban J connectivity index is 1.91. The second-order valence-corrected chi connectivity index (χ2v) is 10.1. The van der Waals surface area contributed by atoms with Gasteiger partial charge in [-0.2, -0.15) is 0 Å². The summed E-state index contributed by atoms with van der Waals surface area (Å²) in [6.45, 7) is 3.97. The van der Waals surface area contributed by atoms with Gasteiger partial charge >= 0.3 is 0 Å². The van der Waals surface area contributed by atoms with Gasteiger partial charge in [-0.15, -0.1) is 0 Å². The summed E-state index contributed by atoms with van der Waals surface area (Å²) >= 11 is 0. The lowest BCUT2D eigenvalue weighted by Gasteiger charge is -2.36. The topological polar surface area (TPSA) is 78.5 Å². The van der Waals surface area contributed by atoms with Crippen molar-refractivity contribution in [3.05, 3.63) is 24.6 Å². The SMILES string of the molecule is CCCCCCCC/C=C/CCCCCCCCCCCCC1=NC=C[N+]1(CC(=O)[O-])C(C)N. The average Bonchev–Trinajstić information content (AvgIpc) is 3.20. The van der Waals surface area contributed by atoms with Crippen LogP contribution in [0.1, 0.15) is 136 Å². The number of amidine groups is 1. The number of nitrogens with zero attached hydrogens (tertiary/aromatic N) is 2. The van der Waals surface area contributed by atoms with E-state index >= 15 is 0 Å². The molecule has 2 unspecified atom stereocenters. The van der Waals surface area contributed by atoms with Gasteiger partial charge in [-0.3, -0.25) is 5.73 Å². The number of hydrogen-bond acceptors (Lipinski definition) is 4. The fourth-order valence-electron chi connectivity index (χ4n) is 4.81. The minimum Gasteiger partial charge on any atom is -0.544 e. The highest BCUT2D eigenvalue weighted by Gasteiger charge is 2.38. The van der Waals surface area contributed by atoms with Gasteiger partial charge in [-0.05, 0) is 32.1 Å². The molecule has 34 heavy (non-hydrogen) atoms. The van der Waals surface area contributed by atoms with Crippen LogP contribution in [0.5, 0.6) is 0 Å². The fraction of sp³-hybridized carbons (Fsp3) is 0.793. The Labute approximate surface area is 210 Å². The van der Waals surface area contributed by atoms with Gasteiger partial charge in [0.15, 0.2) is 0 Å². The van der Waals surface area contributed by atoms with E-state index in [4.69, 9.17) is 5.73 Å². The van der Waals surface area contributed by atoms with Crippen LogP contribution in [-0.2, 0) is 4.79 Å². The van der Waals surface area contributed by atoms with Gasteiger partial charge < -0.3 is 9.90 Å². The molecule has 0 radical (unpaired) electrons. The molecule has 1 heterocycles. The van der Waals surface area contributed by atoms with E-state index in [1.165, 1.54) is 103 Å². The van der Waals surface area contributed by atoms with Gasteiger partial charge in [-0.1, -0.05) is 103 Å². The number of nitrogens with two attached hydrogens (primary N) is 1. The lowest BCUT2D eigenvalue weighted by Crippen LogP contribution is -2.60. The first kappa shape index (κ1) is 30.6. The molecule has 0 amide bonds. The lowest BCUT2D eigenvalue weighted by atomic mass is 10.0. The Morgan fingerprint density at radius 2 is 1.35 bits per heavy atom. The number of aliphatic imine (C=N–C) groups is 1. The van der Waals surface area contributed by atoms with Crippen molar-refractivity contribution in [2.75, 3.05) is 6.54 Å². The lowest BCUT2D eigenvalue weighted by molar-refractivity contribution is -0.808. The number of rotatable bonds is 23. The highest BCUT2D eigenvalue weighted by atomic mass is 16.4. The van der Waals surface area contributed by atoms with Crippen LogP contribution in [0, 0.1) is 0 Å². The minimum atomic E-state index is -1.09. The van der Waals surface area contributed by atoms with E-state index < -0.39 is 5.97 Å². The highest BCUT2D eigenvalue weighted by Crippen LogP contribution is 2.23. The molecular formula is C29H53N3O2. The second-order valence-electron chi connectivity index (χ2n) is 10.1. The molecule has 1 aliphatic heterocycles. The number of allylic oxidation sites excluding steroid dienone is 2. The van der Waals surface area contributed by atoms with E-state index in [0.717, 1.165) is 25.1 Å². The molecule has 0 aromatic heterocycles. The van der Waals surface area contributed by atoms with Crippen molar-refractivity contribution in [2.24, 2.45) is 10.7 Å². The predicted molar refractivity (Wildman–Crippen MR) is 143 cm³/mol. The predicted octanol–water partition coefficient (Wildman–Crippen LogP) is 6.73. The minimum absolute atomic E-state index is 0.108. The quantitative estimate of drug-likeness (QED) is 0.101. The summed E-state index contributed by atoms with van der Waals surface area (Å²) in [6, 6.07) is 0. The third kappa shape index (κ3) is 13.4. The largest absolute Gasteiger partial charge is 0.544 e. The number of carbonyl (C=O) groups excluding carboxylic acids is 1. The molecule has 0 saturated carbocycles. The number of unbranched alkanes of at least 4 members (excludes halogenated alkanes) is 16. The number of carboxylic acids is 1. The molecule has 0 aliphatic carbocycles. The van der Waals surface area contributed by atoms with E-state index in [-0.39, 0.29) is 17.2 Å². The smallest absolute Gasteiger partial charge is 0.209 e. The maximum atomic E-state index is 11.2. The maximum absolute atomic E-state index is 11.2. The Hall–Kier alpha value is -1.46. The van der Waals surface area contributed by atoms with Crippen LogP contribution in [0.2, 0.25) is 0 Å².